The molecule has 28 heavy (non-hydrogen) atoms. The molecule has 2 aromatic rings. The monoisotopic (exact) mass is 384 g/mol. The number of rotatable bonds is 7. The molecule has 0 heterocycles. The summed E-state index contributed by atoms with van der Waals surface area (Å²) >= 11 is 0. The second-order valence-electron chi connectivity index (χ2n) is 7.18. The first kappa shape index (κ1) is 21.4. The molecule has 0 saturated carbocycles. The van der Waals surface area contributed by atoms with Crippen LogP contribution >= 0.6 is 0 Å². The maximum Gasteiger partial charge on any atom is 0.265 e. The average molecular weight is 384 g/mol. The van der Waals surface area contributed by atoms with E-state index in [-0.39, 0.29) is 5.91 Å². The standard InChI is InChI=1S/C22H28N2O4/c1-14-10-15(2)12-18(11-14)13-28-20-8-6-19(7-9-20)16(3)22(26)24(5)17(4)21(25)23-27/h6-12,16-17,27H,13H2,1-5H3,(H,23,25). The lowest BCUT2D eigenvalue weighted by atomic mass is 9.99. The summed E-state index contributed by atoms with van der Waals surface area (Å²) in [5.74, 6) is -0.533. The highest BCUT2D eigenvalue weighted by molar-refractivity contribution is 5.89. The molecule has 2 atom stereocenters. The zero-order chi connectivity index (χ0) is 20.8. The van der Waals surface area contributed by atoms with Gasteiger partial charge in [-0.25, -0.2) is 5.48 Å². The van der Waals surface area contributed by atoms with Gasteiger partial charge < -0.3 is 9.64 Å². The average Bonchev–Trinajstić information content (AvgIpc) is 2.69. The number of amides is 2. The third-order valence-electron chi connectivity index (χ3n) is 4.86. The predicted molar refractivity (Wildman–Crippen MR) is 107 cm³/mol. The Morgan fingerprint density at radius 3 is 2.18 bits per heavy atom. The maximum absolute atomic E-state index is 12.6. The van der Waals surface area contributed by atoms with Crippen LogP contribution in [-0.4, -0.2) is 35.0 Å². The summed E-state index contributed by atoms with van der Waals surface area (Å²) in [6, 6.07) is 12.9. The summed E-state index contributed by atoms with van der Waals surface area (Å²) in [5, 5.41) is 8.73. The van der Waals surface area contributed by atoms with Gasteiger partial charge in [-0.05, 0) is 51.0 Å². The second kappa shape index (κ2) is 9.37. The molecule has 0 saturated heterocycles. The van der Waals surface area contributed by atoms with Crippen LogP contribution in [-0.2, 0) is 16.2 Å². The number of hydroxylamine groups is 1. The van der Waals surface area contributed by atoms with Gasteiger partial charge in [0, 0.05) is 7.05 Å². The van der Waals surface area contributed by atoms with Gasteiger partial charge in [-0.15, -0.1) is 0 Å². The van der Waals surface area contributed by atoms with Crippen molar-refractivity contribution in [3.05, 3.63) is 64.7 Å². The highest BCUT2D eigenvalue weighted by atomic mass is 16.5. The Bertz CT molecular complexity index is 813. The molecular weight excluding hydrogens is 356 g/mol. The smallest absolute Gasteiger partial charge is 0.265 e. The van der Waals surface area contributed by atoms with Crippen LogP contribution in [0.25, 0.3) is 0 Å². The Morgan fingerprint density at radius 1 is 1.07 bits per heavy atom. The Labute approximate surface area is 166 Å². The summed E-state index contributed by atoms with van der Waals surface area (Å²) in [7, 11) is 1.54. The minimum atomic E-state index is -0.764. The van der Waals surface area contributed by atoms with Gasteiger partial charge in [0.2, 0.25) is 5.91 Å². The molecular formula is C22H28N2O4. The van der Waals surface area contributed by atoms with Crippen molar-refractivity contribution in [1.82, 2.24) is 10.4 Å². The number of carbonyl (C=O) groups excluding carboxylic acids is 2. The lowest BCUT2D eigenvalue weighted by molar-refractivity contribution is -0.143. The van der Waals surface area contributed by atoms with E-state index in [1.54, 1.807) is 26.4 Å². The number of nitrogens with zero attached hydrogens (tertiary/aromatic N) is 1. The zero-order valence-electron chi connectivity index (χ0n) is 17.0. The van der Waals surface area contributed by atoms with Gasteiger partial charge in [0.05, 0.1) is 5.92 Å². The third-order valence-corrected chi connectivity index (χ3v) is 4.86. The highest BCUT2D eigenvalue weighted by Crippen LogP contribution is 2.22. The highest BCUT2D eigenvalue weighted by Gasteiger charge is 2.26. The number of likely N-dealkylation sites (N-methyl/N-ethyl adjacent to an activating group) is 1. The molecule has 0 aliphatic carbocycles. The molecule has 0 radical (unpaired) electrons. The molecule has 2 aromatic carbocycles. The Balaban J connectivity index is 2.00. The van der Waals surface area contributed by atoms with Crippen molar-refractivity contribution in [3.63, 3.8) is 0 Å². The van der Waals surface area contributed by atoms with Crippen molar-refractivity contribution in [2.45, 2.75) is 46.3 Å². The van der Waals surface area contributed by atoms with E-state index >= 15 is 0 Å². The summed E-state index contributed by atoms with van der Waals surface area (Å²) in [6.07, 6.45) is 0. The number of nitrogens with one attached hydrogen (secondary N) is 1. The Kier molecular flexibility index (Phi) is 7.18. The molecule has 2 N–H and O–H groups in total. The van der Waals surface area contributed by atoms with Crippen LogP contribution in [0.2, 0.25) is 0 Å². The number of hydrogen-bond acceptors (Lipinski definition) is 4. The molecule has 150 valence electrons. The van der Waals surface area contributed by atoms with Crippen molar-refractivity contribution in [3.8, 4) is 5.75 Å². The molecule has 6 heteroatoms. The van der Waals surface area contributed by atoms with Crippen LogP contribution in [0, 0.1) is 13.8 Å². The molecule has 0 fully saturated rings. The molecule has 0 bridgehead atoms. The fraction of sp³-hybridized carbons (Fsp3) is 0.364. The van der Waals surface area contributed by atoms with E-state index < -0.39 is 17.9 Å². The van der Waals surface area contributed by atoms with Crippen LogP contribution in [0.1, 0.15) is 42.0 Å². The third kappa shape index (κ3) is 5.33. The van der Waals surface area contributed by atoms with E-state index in [0.29, 0.717) is 6.61 Å². The van der Waals surface area contributed by atoms with Crippen molar-refractivity contribution in [1.29, 1.82) is 0 Å². The van der Waals surface area contributed by atoms with Gasteiger partial charge in [-0.3, -0.25) is 14.8 Å². The fourth-order valence-corrected chi connectivity index (χ4v) is 3.08. The minimum Gasteiger partial charge on any atom is -0.489 e. The second-order valence-corrected chi connectivity index (χ2v) is 7.18. The van der Waals surface area contributed by atoms with Gasteiger partial charge in [0.15, 0.2) is 0 Å². The van der Waals surface area contributed by atoms with Crippen molar-refractivity contribution in [2.24, 2.45) is 0 Å². The van der Waals surface area contributed by atoms with E-state index in [1.807, 2.05) is 24.3 Å². The Hall–Kier alpha value is -2.86. The zero-order valence-corrected chi connectivity index (χ0v) is 17.0. The summed E-state index contributed by atoms with van der Waals surface area (Å²) < 4.78 is 5.85. The van der Waals surface area contributed by atoms with E-state index in [0.717, 1.165) is 16.9 Å². The topological polar surface area (TPSA) is 78.9 Å². The van der Waals surface area contributed by atoms with Gasteiger partial charge in [0.25, 0.3) is 5.91 Å². The van der Waals surface area contributed by atoms with Crippen LogP contribution < -0.4 is 10.2 Å². The number of aryl methyl sites for hydroxylation is 2. The molecule has 6 nitrogen and oxygen atoms in total. The largest absolute Gasteiger partial charge is 0.489 e. The number of benzene rings is 2. The van der Waals surface area contributed by atoms with Gasteiger partial charge >= 0.3 is 0 Å². The SMILES string of the molecule is Cc1cc(C)cc(COc2ccc(C(C)C(=O)N(C)C(C)C(=O)NO)cc2)c1. The first-order chi connectivity index (χ1) is 13.2. The van der Waals surface area contributed by atoms with Gasteiger partial charge in [-0.1, -0.05) is 41.5 Å². The summed E-state index contributed by atoms with van der Waals surface area (Å²) in [4.78, 5) is 25.4. The first-order valence-electron chi connectivity index (χ1n) is 9.23. The molecule has 2 amide bonds. The quantitative estimate of drug-likeness (QED) is 0.567. The van der Waals surface area contributed by atoms with Gasteiger partial charge in [0.1, 0.15) is 18.4 Å². The molecule has 0 aliphatic rings. The van der Waals surface area contributed by atoms with E-state index in [9.17, 15) is 9.59 Å². The number of ether oxygens (including phenoxy) is 1. The fourth-order valence-electron chi connectivity index (χ4n) is 3.08. The van der Waals surface area contributed by atoms with Crippen LogP contribution in [0.3, 0.4) is 0 Å². The molecule has 2 unspecified atom stereocenters. The molecule has 2 rings (SSSR count). The predicted octanol–water partition coefficient (Wildman–Crippen LogP) is 3.34. The first-order valence-corrected chi connectivity index (χ1v) is 9.23. The van der Waals surface area contributed by atoms with Crippen molar-refractivity contribution >= 4 is 11.8 Å². The van der Waals surface area contributed by atoms with Gasteiger partial charge in [-0.2, -0.15) is 0 Å². The maximum atomic E-state index is 12.6. The summed E-state index contributed by atoms with van der Waals surface area (Å²) in [6.45, 7) is 7.94. The minimum absolute atomic E-state index is 0.208. The molecule has 0 aliphatic heterocycles. The lowest BCUT2D eigenvalue weighted by Gasteiger charge is -2.26. The Morgan fingerprint density at radius 2 is 1.64 bits per heavy atom. The molecule has 0 spiro atoms. The van der Waals surface area contributed by atoms with Crippen LogP contribution in [0.4, 0.5) is 0 Å². The lowest BCUT2D eigenvalue weighted by Crippen LogP contribution is -2.46. The molecule has 0 aromatic heterocycles. The van der Waals surface area contributed by atoms with E-state index in [1.165, 1.54) is 16.0 Å². The van der Waals surface area contributed by atoms with Crippen LogP contribution in [0.5, 0.6) is 5.75 Å². The summed E-state index contributed by atoms with van der Waals surface area (Å²) in [5.41, 5.74) is 5.92. The van der Waals surface area contributed by atoms with Crippen molar-refractivity contribution < 1.29 is 19.5 Å². The van der Waals surface area contributed by atoms with Crippen molar-refractivity contribution in [2.75, 3.05) is 7.05 Å². The van der Waals surface area contributed by atoms with E-state index in [4.69, 9.17) is 9.94 Å². The van der Waals surface area contributed by atoms with E-state index in [2.05, 4.69) is 32.0 Å². The number of hydrogen-bond donors (Lipinski definition) is 2. The van der Waals surface area contributed by atoms with Crippen LogP contribution in [0.15, 0.2) is 42.5 Å². The number of carbonyl (C=O) groups is 2. The normalized spacial score (nSPS) is 12.8.